The molecule has 1 aliphatic heterocycles. The zero-order valence-electron chi connectivity index (χ0n) is 9.62. The largest absolute Gasteiger partial charge is 0.374 e. The molecule has 88 valence electrons. The second kappa shape index (κ2) is 5.65. The molecular formula is C12H22BrNO. The molecule has 15 heavy (non-hydrogen) atoms. The molecule has 0 aromatic rings. The Balaban J connectivity index is 1.92. The van der Waals surface area contributed by atoms with Crippen molar-refractivity contribution in [1.82, 2.24) is 4.90 Å². The first-order chi connectivity index (χ1) is 7.31. The van der Waals surface area contributed by atoms with Crippen LogP contribution in [0.4, 0.5) is 0 Å². The Morgan fingerprint density at radius 3 is 2.67 bits per heavy atom. The maximum absolute atomic E-state index is 5.77. The van der Waals surface area contributed by atoms with Crippen LogP contribution in [0.5, 0.6) is 0 Å². The molecule has 2 rings (SSSR count). The van der Waals surface area contributed by atoms with E-state index in [-0.39, 0.29) is 0 Å². The van der Waals surface area contributed by atoms with Gasteiger partial charge in [-0.25, -0.2) is 0 Å². The van der Waals surface area contributed by atoms with Crippen LogP contribution >= 0.6 is 15.9 Å². The first kappa shape index (κ1) is 11.9. The zero-order chi connectivity index (χ0) is 10.7. The van der Waals surface area contributed by atoms with Crippen LogP contribution in [-0.2, 0) is 4.74 Å². The smallest absolute Gasteiger partial charge is 0.0799 e. The fourth-order valence-corrected chi connectivity index (χ4v) is 3.25. The third kappa shape index (κ3) is 2.95. The summed E-state index contributed by atoms with van der Waals surface area (Å²) in [5, 5.41) is 0.975. The summed E-state index contributed by atoms with van der Waals surface area (Å²) >= 11 is 3.53. The Hall–Kier alpha value is 0.400. The lowest BCUT2D eigenvalue weighted by atomic mass is 9.92. The first-order valence-corrected chi connectivity index (χ1v) is 7.36. The fourth-order valence-electron chi connectivity index (χ4n) is 2.85. The SMILES string of the molecule is CC1COC(CBr)CN1C1CCCCC1. The van der Waals surface area contributed by atoms with Crippen molar-refractivity contribution >= 4 is 15.9 Å². The summed E-state index contributed by atoms with van der Waals surface area (Å²) < 4.78 is 5.77. The van der Waals surface area contributed by atoms with Gasteiger partial charge in [-0.1, -0.05) is 35.2 Å². The molecule has 3 heteroatoms. The number of hydrogen-bond donors (Lipinski definition) is 0. The van der Waals surface area contributed by atoms with E-state index < -0.39 is 0 Å². The maximum Gasteiger partial charge on any atom is 0.0799 e. The number of hydrogen-bond acceptors (Lipinski definition) is 2. The van der Waals surface area contributed by atoms with E-state index in [1.54, 1.807) is 0 Å². The molecule has 2 unspecified atom stereocenters. The van der Waals surface area contributed by atoms with Crippen LogP contribution in [-0.4, -0.2) is 41.6 Å². The number of morpholine rings is 1. The highest BCUT2D eigenvalue weighted by Crippen LogP contribution is 2.26. The highest BCUT2D eigenvalue weighted by Gasteiger charge is 2.31. The molecule has 0 amide bonds. The van der Waals surface area contributed by atoms with E-state index in [0.717, 1.165) is 24.5 Å². The summed E-state index contributed by atoms with van der Waals surface area (Å²) in [6, 6.07) is 1.45. The van der Waals surface area contributed by atoms with Gasteiger partial charge in [-0.3, -0.25) is 4.90 Å². The van der Waals surface area contributed by atoms with E-state index in [1.807, 2.05) is 0 Å². The minimum atomic E-state index is 0.406. The molecule has 0 spiro atoms. The van der Waals surface area contributed by atoms with E-state index in [0.29, 0.717) is 12.1 Å². The first-order valence-electron chi connectivity index (χ1n) is 6.24. The molecule has 0 aromatic carbocycles. The zero-order valence-corrected chi connectivity index (χ0v) is 11.2. The molecule has 1 saturated carbocycles. The number of rotatable bonds is 2. The second-order valence-electron chi connectivity index (χ2n) is 4.95. The van der Waals surface area contributed by atoms with E-state index >= 15 is 0 Å². The van der Waals surface area contributed by atoms with Crippen molar-refractivity contribution in [3.63, 3.8) is 0 Å². The third-order valence-electron chi connectivity index (χ3n) is 3.77. The van der Waals surface area contributed by atoms with E-state index in [9.17, 15) is 0 Å². The lowest BCUT2D eigenvalue weighted by Gasteiger charge is -2.43. The topological polar surface area (TPSA) is 12.5 Å². The molecule has 1 aliphatic carbocycles. The summed E-state index contributed by atoms with van der Waals surface area (Å²) in [5.41, 5.74) is 0. The van der Waals surface area contributed by atoms with Crippen molar-refractivity contribution in [2.75, 3.05) is 18.5 Å². The van der Waals surface area contributed by atoms with Gasteiger partial charge in [0.25, 0.3) is 0 Å². The molecule has 0 radical (unpaired) electrons. The fraction of sp³-hybridized carbons (Fsp3) is 1.00. The van der Waals surface area contributed by atoms with E-state index in [4.69, 9.17) is 4.74 Å². The highest BCUT2D eigenvalue weighted by atomic mass is 79.9. The summed E-state index contributed by atoms with van der Waals surface area (Å²) in [6.07, 6.45) is 7.50. The van der Waals surface area contributed by atoms with Gasteiger partial charge in [0.15, 0.2) is 0 Å². The van der Waals surface area contributed by atoms with Crippen LogP contribution in [0.1, 0.15) is 39.0 Å². The monoisotopic (exact) mass is 275 g/mol. The highest BCUT2D eigenvalue weighted by molar-refractivity contribution is 9.09. The Labute approximate surface area is 101 Å². The van der Waals surface area contributed by atoms with Gasteiger partial charge in [0.2, 0.25) is 0 Å². The molecule has 2 nitrogen and oxygen atoms in total. The number of alkyl halides is 1. The average molecular weight is 276 g/mol. The van der Waals surface area contributed by atoms with Gasteiger partial charge in [-0.2, -0.15) is 0 Å². The van der Waals surface area contributed by atoms with Crippen molar-refractivity contribution in [2.24, 2.45) is 0 Å². The molecule has 2 fully saturated rings. The van der Waals surface area contributed by atoms with Gasteiger partial charge < -0.3 is 4.74 Å². The van der Waals surface area contributed by atoms with Crippen LogP contribution in [0.25, 0.3) is 0 Å². The predicted octanol–water partition coefficient (Wildman–Crippen LogP) is 2.80. The summed E-state index contributed by atoms with van der Waals surface area (Å²) in [6.45, 7) is 4.34. The van der Waals surface area contributed by atoms with E-state index in [2.05, 4.69) is 27.8 Å². The molecular weight excluding hydrogens is 254 g/mol. The lowest BCUT2D eigenvalue weighted by Crippen LogP contribution is -2.53. The van der Waals surface area contributed by atoms with Crippen LogP contribution in [0.15, 0.2) is 0 Å². The lowest BCUT2D eigenvalue weighted by molar-refractivity contribution is -0.0685. The Morgan fingerprint density at radius 1 is 1.27 bits per heavy atom. The van der Waals surface area contributed by atoms with Crippen LogP contribution in [0, 0.1) is 0 Å². The molecule has 1 heterocycles. The Bertz CT molecular complexity index is 194. The minimum absolute atomic E-state index is 0.406. The molecule has 2 aliphatic rings. The van der Waals surface area contributed by atoms with Gasteiger partial charge in [-0.15, -0.1) is 0 Å². The summed E-state index contributed by atoms with van der Waals surface area (Å²) in [4.78, 5) is 2.69. The molecule has 2 atom stereocenters. The quantitative estimate of drug-likeness (QED) is 0.719. The van der Waals surface area contributed by atoms with Gasteiger partial charge >= 0.3 is 0 Å². The molecule has 1 saturated heterocycles. The predicted molar refractivity (Wildman–Crippen MR) is 66.6 cm³/mol. The Morgan fingerprint density at radius 2 is 2.00 bits per heavy atom. The van der Waals surface area contributed by atoms with Crippen molar-refractivity contribution in [2.45, 2.75) is 57.2 Å². The van der Waals surface area contributed by atoms with Crippen molar-refractivity contribution in [3.05, 3.63) is 0 Å². The summed E-state index contributed by atoms with van der Waals surface area (Å²) in [5.74, 6) is 0. The van der Waals surface area contributed by atoms with Crippen molar-refractivity contribution < 1.29 is 4.74 Å². The minimum Gasteiger partial charge on any atom is -0.374 e. The van der Waals surface area contributed by atoms with Gasteiger partial charge in [0, 0.05) is 24.0 Å². The van der Waals surface area contributed by atoms with Crippen LogP contribution < -0.4 is 0 Å². The average Bonchev–Trinajstić information content (AvgIpc) is 2.31. The van der Waals surface area contributed by atoms with Crippen LogP contribution in [0.3, 0.4) is 0 Å². The Kier molecular flexibility index (Phi) is 4.47. The van der Waals surface area contributed by atoms with Gasteiger partial charge in [0.05, 0.1) is 12.7 Å². The number of ether oxygens (including phenoxy) is 1. The maximum atomic E-state index is 5.77. The third-order valence-corrected chi connectivity index (χ3v) is 4.49. The standard InChI is InChI=1S/C12H22BrNO/c1-10-9-15-12(7-13)8-14(10)11-5-3-2-4-6-11/h10-12H,2-9H2,1H3. The van der Waals surface area contributed by atoms with Crippen molar-refractivity contribution in [1.29, 1.82) is 0 Å². The second-order valence-corrected chi connectivity index (χ2v) is 5.59. The number of nitrogens with zero attached hydrogens (tertiary/aromatic N) is 1. The van der Waals surface area contributed by atoms with Gasteiger partial charge in [0.1, 0.15) is 0 Å². The number of halogens is 1. The summed E-state index contributed by atoms with van der Waals surface area (Å²) in [7, 11) is 0. The van der Waals surface area contributed by atoms with Gasteiger partial charge in [-0.05, 0) is 19.8 Å². The molecule has 0 aromatic heterocycles. The van der Waals surface area contributed by atoms with Crippen LogP contribution in [0.2, 0.25) is 0 Å². The van der Waals surface area contributed by atoms with Crippen molar-refractivity contribution in [3.8, 4) is 0 Å². The normalized spacial score (nSPS) is 35.6. The van der Waals surface area contributed by atoms with E-state index in [1.165, 1.54) is 32.1 Å². The molecule has 0 bridgehead atoms. The molecule has 0 N–H and O–H groups in total.